The van der Waals surface area contributed by atoms with Crippen molar-refractivity contribution in [3.05, 3.63) is 35.5 Å². The number of carbonyl (C=O) groups excluding carboxylic acids is 1. The molecule has 0 radical (unpaired) electrons. The summed E-state index contributed by atoms with van der Waals surface area (Å²) in [6.07, 6.45) is 5.01. The van der Waals surface area contributed by atoms with Gasteiger partial charge in [0.25, 0.3) is 0 Å². The number of hydrogen-bond donors (Lipinski definition) is 1. The average molecular weight is 349 g/mol. The smallest absolute Gasteiger partial charge is 0.305 e. The van der Waals surface area contributed by atoms with Crippen LogP contribution in [0.5, 0.6) is 0 Å². The third-order valence-electron chi connectivity index (χ3n) is 5.60. The molecule has 1 fully saturated rings. The van der Waals surface area contributed by atoms with Gasteiger partial charge in [0.15, 0.2) is 0 Å². The van der Waals surface area contributed by atoms with E-state index in [0.717, 1.165) is 19.4 Å². The van der Waals surface area contributed by atoms with Gasteiger partial charge in [-0.3, -0.25) is 9.69 Å². The van der Waals surface area contributed by atoms with Crippen molar-refractivity contribution in [3.8, 4) is 0 Å². The van der Waals surface area contributed by atoms with Gasteiger partial charge in [0.05, 0.1) is 13.2 Å². The highest BCUT2D eigenvalue weighted by molar-refractivity contribution is 5.85. The van der Waals surface area contributed by atoms with Crippen LogP contribution >= 0.6 is 12.4 Å². The number of ether oxygens (including phenoxy) is 1. The molecule has 2 aromatic rings. The van der Waals surface area contributed by atoms with Gasteiger partial charge in [0.1, 0.15) is 0 Å². The monoisotopic (exact) mass is 348 g/mol. The standard InChI is InChI=1S/C19H24N2O2.ClH/c1-23-17(22)9-8-13-5-4-11-21-12-10-15-14-6-2-3-7-16(14)20-18(15)19(13)21;/h2-3,6-7,13,19-20H,4-5,8-12H2,1H3;1H. The number of para-hydroxylation sites is 1. The van der Waals surface area contributed by atoms with Crippen molar-refractivity contribution in [2.24, 2.45) is 5.92 Å². The molecule has 5 heteroatoms. The molecule has 2 atom stereocenters. The van der Waals surface area contributed by atoms with Gasteiger partial charge < -0.3 is 9.72 Å². The topological polar surface area (TPSA) is 45.3 Å². The molecule has 0 saturated carbocycles. The Hall–Kier alpha value is -1.52. The van der Waals surface area contributed by atoms with E-state index < -0.39 is 0 Å². The minimum atomic E-state index is -0.0881. The predicted octanol–water partition coefficient (Wildman–Crippen LogP) is 3.85. The van der Waals surface area contributed by atoms with Gasteiger partial charge in [-0.2, -0.15) is 0 Å². The zero-order valence-corrected chi connectivity index (χ0v) is 14.9. The molecular formula is C19H25ClN2O2. The van der Waals surface area contributed by atoms with Crippen molar-refractivity contribution in [3.63, 3.8) is 0 Å². The number of nitrogens with one attached hydrogen (secondary N) is 1. The van der Waals surface area contributed by atoms with Crippen LogP contribution in [-0.2, 0) is 16.0 Å². The van der Waals surface area contributed by atoms with E-state index in [-0.39, 0.29) is 18.4 Å². The summed E-state index contributed by atoms with van der Waals surface area (Å²) in [5.41, 5.74) is 4.13. The molecule has 4 rings (SSSR count). The lowest BCUT2D eigenvalue weighted by Gasteiger charge is -2.44. The maximum Gasteiger partial charge on any atom is 0.305 e. The fourth-order valence-electron chi connectivity index (χ4n) is 4.53. The van der Waals surface area contributed by atoms with Crippen LogP contribution < -0.4 is 0 Å². The van der Waals surface area contributed by atoms with Gasteiger partial charge in [-0.15, -0.1) is 12.4 Å². The van der Waals surface area contributed by atoms with E-state index in [4.69, 9.17) is 4.74 Å². The quantitative estimate of drug-likeness (QED) is 0.857. The van der Waals surface area contributed by atoms with E-state index >= 15 is 0 Å². The maximum atomic E-state index is 11.6. The van der Waals surface area contributed by atoms with E-state index in [0.29, 0.717) is 18.4 Å². The molecule has 3 heterocycles. The van der Waals surface area contributed by atoms with Crippen LogP contribution in [0.2, 0.25) is 0 Å². The molecule has 1 aromatic heterocycles. The molecule has 0 amide bonds. The van der Waals surface area contributed by atoms with E-state index in [1.54, 1.807) is 0 Å². The predicted molar refractivity (Wildman–Crippen MR) is 97.5 cm³/mol. The van der Waals surface area contributed by atoms with Crippen molar-refractivity contribution >= 4 is 29.3 Å². The van der Waals surface area contributed by atoms with Gasteiger partial charge in [-0.1, -0.05) is 18.2 Å². The van der Waals surface area contributed by atoms with E-state index in [1.165, 1.54) is 48.7 Å². The van der Waals surface area contributed by atoms with Crippen LogP contribution in [0.1, 0.15) is 43.0 Å². The zero-order valence-electron chi connectivity index (χ0n) is 14.1. The molecule has 0 spiro atoms. The number of piperidine rings is 1. The van der Waals surface area contributed by atoms with Gasteiger partial charge >= 0.3 is 5.97 Å². The molecule has 2 aliphatic rings. The van der Waals surface area contributed by atoms with Crippen LogP contribution in [0, 0.1) is 5.92 Å². The summed E-state index contributed by atoms with van der Waals surface area (Å²) >= 11 is 0. The summed E-state index contributed by atoms with van der Waals surface area (Å²) < 4.78 is 4.83. The Morgan fingerprint density at radius 2 is 2.17 bits per heavy atom. The second kappa shape index (κ2) is 7.16. The van der Waals surface area contributed by atoms with Gasteiger partial charge in [0, 0.05) is 29.6 Å². The summed E-state index contributed by atoms with van der Waals surface area (Å²) in [5, 5.41) is 1.37. The molecule has 1 aromatic carbocycles. The summed E-state index contributed by atoms with van der Waals surface area (Å²) in [6, 6.07) is 9.05. The number of nitrogens with zero attached hydrogens (tertiary/aromatic N) is 1. The first-order valence-corrected chi connectivity index (χ1v) is 8.68. The highest BCUT2D eigenvalue weighted by atomic mass is 35.5. The maximum absolute atomic E-state index is 11.6. The SMILES string of the molecule is COC(=O)CCC1CCCN2CCc3c([nH]c4ccccc34)C12.Cl. The van der Waals surface area contributed by atoms with Gasteiger partial charge in [-0.25, -0.2) is 0 Å². The van der Waals surface area contributed by atoms with Crippen molar-refractivity contribution in [1.29, 1.82) is 0 Å². The number of hydrogen-bond acceptors (Lipinski definition) is 3. The number of rotatable bonds is 3. The first-order valence-electron chi connectivity index (χ1n) is 8.68. The summed E-state index contributed by atoms with van der Waals surface area (Å²) in [4.78, 5) is 17.9. The van der Waals surface area contributed by atoms with E-state index in [9.17, 15) is 4.79 Å². The fraction of sp³-hybridized carbons (Fsp3) is 0.526. The Kier molecular flexibility index (Phi) is 5.16. The minimum absolute atomic E-state index is 0. The number of H-pyrrole nitrogens is 1. The van der Waals surface area contributed by atoms with Crippen LogP contribution in [0.4, 0.5) is 0 Å². The first-order chi connectivity index (χ1) is 11.3. The number of benzene rings is 1. The minimum Gasteiger partial charge on any atom is -0.469 e. The van der Waals surface area contributed by atoms with Crippen molar-refractivity contribution in [2.45, 2.75) is 38.1 Å². The number of esters is 1. The second-order valence-electron chi connectivity index (χ2n) is 6.81. The molecule has 0 aliphatic carbocycles. The fourth-order valence-corrected chi connectivity index (χ4v) is 4.53. The van der Waals surface area contributed by atoms with Crippen LogP contribution in [0.3, 0.4) is 0 Å². The Labute approximate surface area is 149 Å². The molecule has 1 saturated heterocycles. The first kappa shape index (κ1) is 17.3. The lowest BCUT2D eigenvalue weighted by Crippen LogP contribution is -2.43. The molecule has 2 aliphatic heterocycles. The number of methoxy groups -OCH3 is 1. The summed E-state index contributed by atoms with van der Waals surface area (Å²) in [6.45, 7) is 2.31. The number of halogens is 1. The molecule has 1 N–H and O–H groups in total. The molecule has 24 heavy (non-hydrogen) atoms. The molecular weight excluding hydrogens is 324 g/mol. The van der Waals surface area contributed by atoms with Gasteiger partial charge in [0.2, 0.25) is 0 Å². The Morgan fingerprint density at radius 1 is 1.33 bits per heavy atom. The lowest BCUT2D eigenvalue weighted by atomic mass is 9.80. The van der Waals surface area contributed by atoms with Crippen molar-refractivity contribution in [1.82, 2.24) is 9.88 Å². The molecule has 130 valence electrons. The van der Waals surface area contributed by atoms with Crippen molar-refractivity contribution < 1.29 is 9.53 Å². The Morgan fingerprint density at radius 3 is 3.00 bits per heavy atom. The highest BCUT2D eigenvalue weighted by Crippen LogP contribution is 2.44. The van der Waals surface area contributed by atoms with Crippen LogP contribution in [0.15, 0.2) is 24.3 Å². The van der Waals surface area contributed by atoms with Crippen molar-refractivity contribution in [2.75, 3.05) is 20.2 Å². The summed E-state index contributed by atoms with van der Waals surface area (Å²) in [7, 11) is 1.48. The normalized spacial score (nSPS) is 23.2. The Balaban J connectivity index is 0.00000169. The Bertz CT molecular complexity index is 727. The number of aromatic nitrogens is 1. The second-order valence-corrected chi connectivity index (χ2v) is 6.81. The third kappa shape index (κ3) is 2.93. The van der Waals surface area contributed by atoms with E-state index in [2.05, 4.69) is 34.1 Å². The van der Waals surface area contributed by atoms with Gasteiger partial charge in [-0.05, 0) is 49.8 Å². The third-order valence-corrected chi connectivity index (χ3v) is 5.60. The molecule has 0 bridgehead atoms. The molecule has 2 unspecified atom stereocenters. The number of aromatic amines is 1. The summed E-state index contributed by atoms with van der Waals surface area (Å²) in [5.74, 6) is 0.449. The lowest BCUT2D eigenvalue weighted by molar-refractivity contribution is -0.141. The number of fused-ring (bicyclic) bond motifs is 5. The molecule has 4 nitrogen and oxygen atoms in total. The number of carbonyl (C=O) groups is 1. The largest absolute Gasteiger partial charge is 0.469 e. The van der Waals surface area contributed by atoms with Crippen LogP contribution in [0.25, 0.3) is 10.9 Å². The zero-order chi connectivity index (χ0) is 15.8. The van der Waals surface area contributed by atoms with Crippen LogP contribution in [-0.4, -0.2) is 36.1 Å². The highest BCUT2D eigenvalue weighted by Gasteiger charge is 2.38. The average Bonchev–Trinajstić information content (AvgIpc) is 2.98. The van der Waals surface area contributed by atoms with E-state index in [1.807, 2.05) is 0 Å².